The Morgan fingerprint density at radius 3 is 2.36 bits per heavy atom. The highest BCUT2D eigenvalue weighted by Crippen LogP contribution is 2.24. The summed E-state index contributed by atoms with van der Waals surface area (Å²) >= 11 is 0. The van der Waals surface area contributed by atoms with Crippen LogP contribution >= 0.6 is 0 Å². The zero-order valence-corrected chi connectivity index (χ0v) is 13.6. The van der Waals surface area contributed by atoms with Gasteiger partial charge in [-0.15, -0.1) is 0 Å². The van der Waals surface area contributed by atoms with Gasteiger partial charge in [-0.1, -0.05) is 42.5 Å². The summed E-state index contributed by atoms with van der Waals surface area (Å²) in [5, 5.41) is 24.3. The average molecular weight is 337 g/mol. The molecule has 0 aliphatic heterocycles. The number of rotatable bonds is 6. The second-order valence-corrected chi connectivity index (χ2v) is 5.70. The normalized spacial score (nSPS) is 11.9. The fraction of sp³-hybridized carbons (Fsp3) is 0.150. The monoisotopic (exact) mass is 337 g/mol. The summed E-state index contributed by atoms with van der Waals surface area (Å²) in [6.45, 7) is 0.0892. The maximum absolute atomic E-state index is 12.3. The van der Waals surface area contributed by atoms with E-state index in [4.69, 9.17) is 4.74 Å². The Morgan fingerprint density at radius 1 is 1.00 bits per heavy atom. The zero-order chi connectivity index (χ0) is 17.6. The molecule has 0 fully saturated rings. The third-order valence-corrected chi connectivity index (χ3v) is 3.79. The van der Waals surface area contributed by atoms with Gasteiger partial charge in [-0.05, 0) is 35.0 Å². The minimum atomic E-state index is -0.855. The Morgan fingerprint density at radius 2 is 1.64 bits per heavy atom. The van der Waals surface area contributed by atoms with E-state index in [1.165, 1.54) is 0 Å². The maximum Gasteiger partial charge on any atom is 0.255 e. The van der Waals surface area contributed by atoms with E-state index < -0.39 is 12.0 Å². The van der Waals surface area contributed by atoms with E-state index in [2.05, 4.69) is 5.32 Å². The fourth-order valence-electron chi connectivity index (χ4n) is 2.48. The number of aromatic hydroxyl groups is 1. The molecule has 1 amide bonds. The smallest absolute Gasteiger partial charge is 0.255 e. The molecule has 0 spiro atoms. The quantitative estimate of drug-likeness (QED) is 0.646. The van der Waals surface area contributed by atoms with Crippen molar-refractivity contribution in [2.45, 2.75) is 6.10 Å². The Kier molecular flexibility index (Phi) is 5.16. The number of carbonyl (C=O) groups excluding carboxylic acids is 1. The first-order valence-electron chi connectivity index (χ1n) is 7.99. The highest BCUT2D eigenvalue weighted by Gasteiger charge is 2.14. The van der Waals surface area contributed by atoms with E-state index in [1.807, 2.05) is 42.5 Å². The van der Waals surface area contributed by atoms with Gasteiger partial charge in [0.1, 0.15) is 24.2 Å². The predicted molar refractivity (Wildman–Crippen MR) is 95.9 cm³/mol. The van der Waals surface area contributed by atoms with Crippen LogP contribution in [-0.4, -0.2) is 35.4 Å². The Labute approximate surface area is 145 Å². The lowest BCUT2D eigenvalue weighted by molar-refractivity contribution is 0.0842. The predicted octanol–water partition coefficient (Wildman–Crippen LogP) is 2.72. The first-order valence-corrected chi connectivity index (χ1v) is 7.99. The highest BCUT2D eigenvalue weighted by atomic mass is 16.5. The molecule has 0 saturated heterocycles. The molecule has 128 valence electrons. The molecule has 0 bridgehead atoms. The average Bonchev–Trinajstić information content (AvgIpc) is 2.64. The van der Waals surface area contributed by atoms with E-state index >= 15 is 0 Å². The summed E-state index contributed by atoms with van der Waals surface area (Å²) in [5.74, 6) is 0.119. The summed E-state index contributed by atoms with van der Waals surface area (Å²) in [5.41, 5.74) is 0.176. The molecule has 0 radical (unpaired) electrons. The number of benzene rings is 3. The number of amides is 1. The number of phenols is 1. The van der Waals surface area contributed by atoms with Crippen molar-refractivity contribution < 1.29 is 19.7 Å². The van der Waals surface area contributed by atoms with Crippen LogP contribution in [0.5, 0.6) is 11.5 Å². The number of hydrogen-bond acceptors (Lipinski definition) is 4. The van der Waals surface area contributed by atoms with E-state index in [-0.39, 0.29) is 24.5 Å². The minimum absolute atomic E-state index is 0.0257. The lowest BCUT2D eigenvalue weighted by Gasteiger charge is -2.14. The number of phenolic OH excluding ortho intramolecular Hbond substituents is 1. The van der Waals surface area contributed by atoms with Gasteiger partial charge in [0.25, 0.3) is 5.91 Å². The molecule has 3 rings (SSSR count). The molecule has 5 heteroatoms. The standard InChI is InChI=1S/C20H19NO4/c22-16(13-25-17-8-2-1-3-9-17)12-21-20(24)18-10-14-6-4-5-7-15(14)11-19(18)23/h1-11,16,22-23H,12-13H2,(H,21,24)/t16-/m1/s1. The molecule has 1 atom stereocenters. The number of hydrogen-bond donors (Lipinski definition) is 3. The van der Waals surface area contributed by atoms with Crippen LogP contribution in [0.4, 0.5) is 0 Å². The van der Waals surface area contributed by atoms with Gasteiger partial charge in [0.2, 0.25) is 0 Å². The van der Waals surface area contributed by atoms with Crippen LogP contribution in [0.1, 0.15) is 10.4 Å². The lowest BCUT2D eigenvalue weighted by Crippen LogP contribution is -2.35. The van der Waals surface area contributed by atoms with Crippen molar-refractivity contribution in [2.24, 2.45) is 0 Å². The van der Waals surface area contributed by atoms with Crippen LogP contribution < -0.4 is 10.1 Å². The molecule has 0 aliphatic carbocycles. The minimum Gasteiger partial charge on any atom is -0.507 e. The summed E-state index contributed by atoms with van der Waals surface area (Å²) in [7, 11) is 0. The van der Waals surface area contributed by atoms with Crippen molar-refractivity contribution in [1.29, 1.82) is 0 Å². The molecule has 5 nitrogen and oxygen atoms in total. The maximum atomic E-state index is 12.3. The lowest BCUT2D eigenvalue weighted by atomic mass is 10.1. The number of aliphatic hydroxyl groups is 1. The number of ether oxygens (including phenoxy) is 1. The van der Waals surface area contributed by atoms with Gasteiger partial charge in [-0.3, -0.25) is 4.79 Å². The third kappa shape index (κ3) is 4.28. The van der Waals surface area contributed by atoms with Gasteiger partial charge in [0, 0.05) is 6.54 Å². The summed E-state index contributed by atoms with van der Waals surface area (Å²) < 4.78 is 5.44. The van der Waals surface area contributed by atoms with Crippen LogP contribution in [0.25, 0.3) is 10.8 Å². The number of carbonyl (C=O) groups is 1. The number of para-hydroxylation sites is 1. The van der Waals surface area contributed by atoms with Gasteiger partial charge in [-0.25, -0.2) is 0 Å². The van der Waals surface area contributed by atoms with E-state index in [0.717, 1.165) is 10.8 Å². The highest BCUT2D eigenvalue weighted by molar-refractivity contribution is 6.01. The Hall–Kier alpha value is -3.05. The van der Waals surface area contributed by atoms with Crippen LogP contribution in [-0.2, 0) is 0 Å². The van der Waals surface area contributed by atoms with Crippen molar-refractivity contribution in [1.82, 2.24) is 5.32 Å². The van der Waals surface area contributed by atoms with Crippen molar-refractivity contribution in [3.63, 3.8) is 0 Å². The van der Waals surface area contributed by atoms with Crippen molar-refractivity contribution >= 4 is 16.7 Å². The number of fused-ring (bicyclic) bond motifs is 1. The second-order valence-electron chi connectivity index (χ2n) is 5.70. The van der Waals surface area contributed by atoms with Gasteiger partial charge in [-0.2, -0.15) is 0 Å². The molecule has 3 aromatic carbocycles. The van der Waals surface area contributed by atoms with Gasteiger partial charge >= 0.3 is 0 Å². The first kappa shape index (κ1) is 16.8. The molecule has 25 heavy (non-hydrogen) atoms. The number of aliphatic hydroxyl groups excluding tert-OH is 1. The third-order valence-electron chi connectivity index (χ3n) is 3.79. The topological polar surface area (TPSA) is 78.8 Å². The van der Waals surface area contributed by atoms with Crippen LogP contribution in [0, 0.1) is 0 Å². The van der Waals surface area contributed by atoms with Crippen molar-refractivity contribution in [3.8, 4) is 11.5 Å². The summed E-state index contributed by atoms with van der Waals surface area (Å²) in [6, 6.07) is 19.8. The molecule has 3 N–H and O–H groups in total. The van der Waals surface area contributed by atoms with E-state index in [9.17, 15) is 15.0 Å². The SMILES string of the molecule is O=C(NC[C@@H](O)COc1ccccc1)c1cc2ccccc2cc1O. The van der Waals surface area contributed by atoms with Gasteiger partial charge in [0.05, 0.1) is 5.56 Å². The molecule has 0 unspecified atom stereocenters. The Bertz CT molecular complexity index is 864. The fourth-order valence-corrected chi connectivity index (χ4v) is 2.48. The van der Waals surface area contributed by atoms with Crippen molar-refractivity contribution in [3.05, 3.63) is 72.3 Å². The molecule has 0 aromatic heterocycles. The molecule has 0 aliphatic rings. The molecule has 3 aromatic rings. The molecule has 0 heterocycles. The van der Waals surface area contributed by atoms with E-state index in [0.29, 0.717) is 5.75 Å². The first-order chi connectivity index (χ1) is 12.1. The number of nitrogens with one attached hydrogen (secondary N) is 1. The van der Waals surface area contributed by atoms with Crippen LogP contribution in [0.3, 0.4) is 0 Å². The molecular weight excluding hydrogens is 318 g/mol. The zero-order valence-electron chi connectivity index (χ0n) is 13.6. The molecular formula is C20H19NO4. The van der Waals surface area contributed by atoms with E-state index in [1.54, 1.807) is 24.3 Å². The largest absolute Gasteiger partial charge is 0.507 e. The van der Waals surface area contributed by atoms with Crippen molar-refractivity contribution in [2.75, 3.05) is 13.2 Å². The Balaban J connectivity index is 1.58. The van der Waals surface area contributed by atoms with Crippen LogP contribution in [0.2, 0.25) is 0 Å². The molecule has 0 saturated carbocycles. The second kappa shape index (κ2) is 7.68. The summed E-state index contributed by atoms with van der Waals surface area (Å²) in [6.07, 6.45) is -0.855. The summed E-state index contributed by atoms with van der Waals surface area (Å²) in [4.78, 5) is 12.3. The van der Waals surface area contributed by atoms with Gasteiger partial charge < -0.3 is 20.3 Å². The van der Waals surface area contributed by atoms with Gasteiger partial charge in [0.15, 0.2) is 0 Å². The van der Waals surface area contributed by atoms with Crippen LogP contribution in [0.15, 0.2) is 66.7 Å².